The molecule has 0 amide bonds. The molecule has 3 aromatic carbocycles. The predicted octanol–water partition coefficient (Wildman–Crippen LogP) is 5.65. The molecule has 208 valence electrons. The minimum Gasteiger partial charge on any atom is -0.493 e. The number of rotatable bonds is 12. The molecule has 0 spiro atoms. The molecule has 3 aromatic rings. The molecule has 1 aliphatic rings. The van der Waals surface area contributed by atoms with Gasteiger partial charge in [-0.3, -0.25) is 4.90 Å². The van der Waals surface area contributed by atoms with Crippen molar-refractivity contribution in [3.8, 4) is 23.0 Å². The van der Waals surface area contributed by atoms with E-state index in [0.29, 0.717) is 40.4 Å². The SMILES string of the molecule is COc1cc2c(cc1OC)CN(C(c1ccc(OCCOc3c(Cl)cc(C)cc3Cl)cc1)C(C=O)CN)CC2. The fraction of sp³-hybridized carbons (Fsp3) is 0.367. The average molecular weight is 574 g/mol. The second-order valence-corrected chi connectivity index (χ2v) is 10.3. The summed E-state index contributed by atoms with van der Waals surface area (Å²) < 4.78 is 22.6. The Balaban J connectivity index is 1.44. The summed E-state index contributed by atoms with van der Waals surface area (Å²) in [5.74, 6) is 2.21. The van der Waals surface area contributed by atoms with E-state index in [0.717, 1.165) is 41.7 Å². The molecule has 0 fully saturated rings. The Hall–Kier alpha value is -2.97. The van der Waals surface area contributed by atoms with E-state index < -0.39 is 0 Å². The Kier molecular flexibility index (Phi) is 9.97. The van der Waals surface area contributed by atoms with Gasteiger partial charge in [-0.1, -0.05) is 35.3 Å². The van der Waals surface area contributed by atoms with Gasteiger partial charge in [-0.25, -0.2) is 0 Å². The molecule has 9 heteroatoms. The molecule has 7 nitrogen and oxygen atoms in total. The van der Waals surface area contributed by atoms with Crippen LogP contribution in [-0.4, -0.2) is 51.7 Å². The first-order valence-corrected chi connectivity index (χ1v) is 13.6. The summed E-state index contributed by atoms with van der Waals surface area (Å²) in [7, 11) is 3.27. The summed E-state index contributed by atoms with van der Waals surface area (Å²) in [5.41, 5.74) is 10.4. The topological polar surface area (TPSA) is 83.2 Å². The molecule has 39 heavy (non-hydrogen) atoms. The van der Waals surface area contributed by atoms with Crippen LogP contribution >= 0.6 is 23.2 Å². The zero-order valence-corrected chi connectivity index (χ0v) is 23.9. The molecular formula is C30H34Cl2N2O5. The zero-order valence-electron chi connectivity index (χ0n) is 22.4. The first-order chi connectivity index (χ1) is 18.9. The lowest BCUT2D eigenvalue weighted by Crippen LogP contribution is -2.40. The van der Waals surface area contributed by atoms with Gasteiger partial charge >= 0.3 is 0 Å². The Morgan fingerprint density at radius 1 is 0.949 bits per heavy atom. The van der Waals surface area contributed by atoms with Gasteiger partial charge in [-0.15, -0.1) is 0 Å². The Morgan fingerprint density at radius 3 is 2.15 bits per heavy atom. The second kappa shape index (κ2) is 13.4. The highest BCUT2D eigenvalue weighted by atomic mass is 35.5. The van der Waals surface area contributed by atoms with Gasteiger partial charge in [0.1, 0.15) is 25.2 Å². The number of aryl methyl sites for hydroxylation is 1. The third kappa shape index (κ3) is 6.79. The number of hydrogen-bond donors (Lipinski definition) is 1. The molecule has 0 radical (unpaired) electrons. The summed E-state index contributed by atoms with van der Waals surface area (Å²) in [6.07, 6.45) is 1.79. The standard InChI is InChI=1S/C30H34Cl2N2O5/c1-19-12-25(31)30(26(32)13-19)39-11-10-38-24-6-4-20(5-7-24)29(23(16-33)18-35)34-9-8-21-14-27(36-2)28(37-3)15-22(21)17-34/h4-7,12-15,18,23,29H,8-11,16-17,33H2,1-3H3. The van der Waals surface area contributed by atoms with Crippen LogP contribution in [0.1, 0.15) is 28.3 Å². The van der Waals surface area contributed by atoms with Crippen LogP contribution in [0.15, 0.2) is 48.5 Å². The van der Waals surface area contributed by atoms with Crippen LogP contribution < -0.4 is 24.7 Å². The molecule has 4 rings (SSSR count). The third-order valence-corrected chi connectivity index (χ3v) is 7.52. The first-order valence-electron chi connectivity index (χ1n) is 12.8. The third-order valence-electron chi connectivity index (χ3n) is 6.96. The summed E-state index contributed by atoms with van der Waals surface area (Å²) >= 11 is 12.5. The lowest BCUT2D eigenvalue weighted by atomic mass is 9.89. The van der Waals surface area contributed by atoms with Gasteiger partial charge < -0.3 is 29.5 Å². The maximum Gasteiger partial charge on any atom is 0.161 e. The number of nitrogens with two attached hydrogens (primary N) is 1. The fourth-order valence-electron chi connectivity index (χ4n) is 5.02. The molecule has 0 aromatic heterocycles. The van der Waals surface area contributed by atoms with Crippen molar-refractivity contribution >= 4 is 29.5 Å². The summed E-state index contributed by atoms with van der Waals surface area (Å²) in [6, 6.07) is 15.3. The lowest BCUT2D eigenvalue weighted by Gasteiger charge is -2.38. The van der Waals surface area contributed by atoms with Crippen molar-refractivity contribution in [2.24, 2.45) is 11.7 Å². The maximum atomic E-state index is 12.0. The number of aldehydes is 1. The Bertz CT molecular complexity index is 1260. The normalized spacial score (nSPS) is 14.7. The van der Waals surface area contributed by atoms with Gasteiger partial charge in [-0.05, 0) is 72.0 Å². The van der Waals surface area contributed by atoms with E-state index in [-0.39, 0.29) is 25.1 Å². The van der Waals surface area contributed by atoms with Crippen LogP contribution in [0.25, 0.3) is 0 Å². The summed E-state index contributed by atoms with van der Waals surface area (Å²) in [6.45, 7) is 4.24. The van der Waals surface area contributed by atoms with E-state index in [4.69, 9.17) is 47.9 Å². The van der Waals surface area contributed by atoms with Gasteiger partial charge in [0.2, 0.25) is 0 Å². The molecule has 2 unspecified atom stereocenters. The smallest absolute Gasteiger partial charge is 0.161 e. The molecular weight excluding hydrogens is 539 g/mol. The van der Waals surface area contributed by atoms with E-state index in [1.54, 1.807) is 26.4 Å². The number of fused-ring (bicyclic) bond motifs is 1. The number of halogens is 2. The predicted molar refractivity (Wildman–Crippen MR) is 154 cm³/mol. The first kappa shape index (κ1) is 29.0. The van der Waals surface area contributed by atoms with Crippen molar-refractivity contribution in [1.29, 1.82) is 0 Å². The largest absolute Gasteiger partial charge is 0.493 e. The van der Waals surface area contributed by atoms with E-state index in [1.165, 1.54) is 5.56 Å². The quantitative estimate of drug-likeness (QED) is 0.222. The number of hydrogen-bond acceptors (Lipinski definition) is 7. The van der Waals surface area contributed by atoms with Crippen LogP contribution in [0, 0.1) is 12.8 Å². The average Bonchev–Trinajstić information content (AvgIpc) is 2.94. The second-order valence-electron chi connectivity index (χ2n) is 9.50. The van der Waals surface area contributed by atoms with E-state index in [1.807, 2.05) is 43.3 Å². The van der Waals surface area contributed by atoms with Crippen LogP contribution in [0.4, 0.5) is 0 Å². The van der Waals surface area contributed by atoms with E-state index >= 15 is 0 Å². The molecule has 1 aliphatic heterocycles. The van der Waals surface area contributed by atoms with Gasteiger partial charge in [-0.2, -0.15) is 0 Å². The Labute approximate surface area is 239 Å². The van der Waals surface area contributed by atoms with Crippen molar-refractivity contribution in [3.63, 3.8) is 0 Å². The molecule has 2 N–H and O–H groups in total. The van der Waals surface area contributed by atoms with Crippen molar-refractivity contribution < 1.29 is 23.7 Å². The number of ether oxygens (including phenoxy) is 4. The number of benzene rings is 3. The van der Waals surface area contributed by atoms with Crippen molar-refractivity contribution in [3.05, 3.63) is 80.8 Å². The highest BCUT2D eigenvalue weighted by molar-refractivity contribution is 6.37. The van der Waals surface area contributed by atoms with Gasteiger partial charge in [0.05, 0.1) is 24.3 Å². The fourth-order valence-corrected chi connectivity index (χ4v) is 5.72. The lowest BCUT2D eigenvalue weighted by molar-refractivity contribution is -0.113. The van der Waals surface area contributed by atoms with Crippen LogP contribution in [0.2, 0.25) is 10.0 Å². The van der Waals surface area contributed by atoms with E-state index in [9.17, 15) is 4.79 Å². The van der Waals surface area contributed by atoms with Crippen molar-refractivity contribution in [2.45, 2.75) is 25.9 Å². The summed E-state index contributed by atoms with van der Waals surface area (Å²) in [4.78, 5) is 14.4. The van der Waals surface area contributed by atoms with Gasteiger partial charge in [0.25, 0.3) is 0 Å². The van der Waals surface area contributed by atoms with Gasteiger partial charge in [0, 0.05) is 31.6 Å². The van der Waals surface area contributed by atoms with Crippen LogP contribution in [0.3, 0.4) is 0 Å². The monoisotopic (exact) mass is 572 g/mol. The van der Waals surface area contributed by atoms with Crippen molar-refractivity contribution in [2.75, 3.05) is 40.5 Å². The van der Waals surface area contributed by atoms with Crippen LogP contribution in [0.5, 0.6) is 23.0 Å². The number of carbonyl (C=O) groups is 1. The molecule has 0 saturated heterocycles. The molecule has 0 saturated carbocycles. The highest BCUT2D eigenvalue weighted by Crippen LogP contribution is 2.38. The minimum atomic E-state index is -0.351. The van der Waals surface area contributed by atoms with E-state index in [2.05, 4.69) is 4.90 Å². The molecule has 0 bridgehead atoms. The highest BCUT2D eigenvalue weighted by Gasteiger charge is 2.31. The maximum absolute atomic E-state index is 12.0. The van der Waals surface area contributed by atoms with Gasteiger partial charge in [0.15, 0.2) is 17.2 Å². The van der Waals surface area contributed by atoms with Crippen molar-refractivity contribution in [1.82, 2.24) is 4.90 Å². The number of carbonyl (C=O) groups excluding carboxylic acids is 1. The molecule has 1 heterocycles. The molecule has 2 atom stereocenters. The molecule has 0 aliphatic carbocycles. The summed E-state index contributed by atoms with van der Waals surface area (Å²) in [5, 5.41) is 0.941. The number of nitrogens with zero attached hydrogens (tertiary/aromatic N) is 1. The zero-order chi connectivity index (χ0) is 27.9. The minimum absolute atomic E-state index is 0.169. The Morgan fingerprint density at radius 2 is 1.56 bits per heavy atom. The number of methoxy groups -OCH3 is 2. The van der Waals surface area contributed by atoms with Crippen LogP contribution in [-0.2, 0) is 17.8 Å².